The van der Waals surface area contributed by atoms with E-state index in [-0.39, 0.29) is 184 Å². The Morgan fingerprint density at radius 3 is 1.00 bits per heavy atom. The van der Waals surface area contributed by atoms with Gasteiger partial charge in [-0.3, -0.25) is 22.4 Å². The molecule has 0 aliphatic carbocycles. The Hall–Kier alpha value is 5.70. The fourth-order valence-corrected chi connectivity index (χ4v) is 0. The molecule has 0 atom stereocenters. The summed E-state index contributed by atoms with van der Waals surface area (Å²) in [5, 5.41) is 0. The molecule has 0 amide bonds. The van der Waals surface area contributed by atoms with Gasteiger partial charge in [0, 0.05) is 0 Å². The molecule has 0 nitrogen and oxygen atoms in total. The van der Waals surface area contributed by atoms with Crippen LogP contribution in [0.2, 0.25) is 0 Å². The molecule has 0 fully saturated rings. The van der Waals surface area contributed by atoms with Gasteiger partial charge in [-0.2, -0.15) is 0 Å². The third-order valence-corrected chi connectivity index (χ3v) is 2.12. The quantitative estimate of drug-likeness (QED) is 0.267. The predicted octanol–water partition coefficient (Wildman–Crippen LogP) is -7.09. The van der Waals surface area contributed by atoms with E-state index in [9.17, 15) is 0 Å². The zero-order chi connectivity index (χ0) is 4.28. The molecule has 0 N–H and O–H groups in total. The third kappa shape index (κ3) is 49.7. The molecular weight excluding hydrogens is 274 g/mol. The summed E-state index contributed by atoms with van der Waals surface area (Å²) in [7, 11) is -0.156. The predicted molar refractivity (Wildman–Crippen MR) is 51.9 cm³/mol. The third-order valence-electron chi connectivity index (χ3n) is 0.236. The summed E-state index contributed by atoms with van der Waals surface area (Å²) in [6, 6.07) is 0. The number of rotatable bonds is 1. The molecule has 56 valence electrons. The van der Waals surface area contributed by atoms with Gasteiger partial charge in [0.05, 0.1) is 0 Å². The van der Waals surface area contributed by atoms with Crippen LogP contribution in [0.4, 0.5) is 0 Å². The van der Waals surface area contributed by atoms with Crippen LogP contribution in [-0.2, 0) is 30.4 Å². The average Bonchev–Trinajstić information content (AvgIpc) is 1.38. The summed E-state index contributed by atoms with van der Waals surface area (Å²) in [6.07, 6.45) is 0. The molecule has 0 aromatic heterocycles. The maximum Gasteiger partial charge on any atom is 1.00 e. The van der Waals surface area contributed by atoms with Gasteiger partial charge >= 0.3 is 154 Å². The van der Waals surface area contributed by atoms with E-state index in [1.54, 1.807) is 0 Å². The van der Waals surface area contributed by atoms with Gasteiger partial charge < -0.3 is 30.3 Å². The van der Waals surface area contributed by atoms with E-state index >= 15 is 0 Å². The summed E-state index contributed by atoms with van der Waals surface area (Å²) in [6.45, 7) is 2.00. The van der Waals surface area contributed by atoms with Crippen LogP contribution in [0.1, 0.15) is 6.92 Å². The number of hydrogen-bond donors (Lipinski definition) is 0. The molecule has 0 radical (unpaired) electrons. The molecule has 0 aromatic carbocycles. The van der Waals surface area contributed by atoms with Gasteiger partial charge in [0.2, 0.25) is 0 Å². The molecule has 0 saturated heterocycles. The minimum absolute atomic E-state index is 0. The van der Waals surface area contributed by atoms with Gasteiger partial charge in [0.25, 0.3) is 0 Å². The molecule has 6 heteroatoms. The van der Waals surface area contributed by atoms with Crippen molar-refractivity contribution in [2.75, 3.05) is 5.75 Å². The molecule has 0 aliphatic rings. The van der Waals surface area contributed by atoms with Crippen molar-refractivity contribution >= 4 is 30.4 Å². The van der Waals surface area contributed by atoms with Crippen LogP contribution in [0.25, 0.3) is 0 Å². The zero-order valence-corrected chi connectivity index (χ0v) is 20.8. The Labute approximate surface area is 212 Å². The van der Waals surface area contributed by atoms with Gasteiger partial charge in [-0.25, -0.2) is 0 Å². The van der Waals surface area contributed by atoms with Gasteiger partial charge in [0.1, 0.15) is 0 Å². The van der Waals surface area contributed by atoms with Gasteiger partial charge in [0.15, 0.2) is 0 Å². The Kier molecular flexibility index (Phi) is 143. The first-order valence-corrected chi connectivity index (χ1v) is 4.57. The van der Waals surface area contributed by atoms with Crippen LogP contribution in [0, 0.1) is 22.3 Å². The molecular formula is C5H14K3S3-. The Bertz CT molecular complexity index is 75.0. The van der Waals surface area contributed by atoms with E-state index in [0.29, 0.717) is 0 Å². The minimum atomic E-state index is -0.156. The summed E-state index contributed by atoms with van der Waals surface area (Å²) in [5.74, 6) is 0.963. The van der Waals surface area contributed by atoms with Crippen molar-refractivity contribution < 1.29 is 154 Å². The van der Waals surface area contributed by atoms with Crippen LogP contribution in [0.5, 0.6) is 0 Å². The Morgan fingerprint density at radius 1 is 0.909 bits per heavy atom. The zero-order valence-electron chi connectivity index (χ0n) is 8.93. The molecule has 0 bridgehead atoms. The van der Waals surface area contributed by atoms with Crippen molar-refractivity contribution in [3.05, 3.63) is 22.3 Å². The van der Waals surface area contributed by atoms with Crippen molar-refractivity contribution in [1.29, 1.82) is 0 Å². The second-order valence-corrected chi connectivity index (χ2v) is 4.82. The largest absolute Gasteiger partial charge is 1.00 e. The smallest absolute Gasteiger partial charge is 0.358 e. The summed E-state index contributed by atoms with van der Waals surface area (Å²) < 4.78 is 0. The maximum atomic E-state index is 4.62. The van der Waals surface area contributed by atoms with Crippen LogP contribution in [0.3, 0.4) is 0 Å². The molecule has 0 unspecified atom stereocenters. The standard InChI is InChI=1S/C2H5S3.3CH3.3K/c1-2-5(3)4;;;;;;/h2H2,1H3;3*1H3;;;/q4*-1;3*+1. The first-order valence-electron chi connectivity index (χ1n) is 1.33. The van der Waals surface area contributed by atoms with Gasteiger partial charge in [-0.1, -0.05) is 6.92 Å². The molecule has 0 spiro atoms. The van der Waals surface area contributed by atoms with Crippen LogP contribution in [-0.4, -0.2) is 5.75 Å². The monoisotopic (exact) mass is 287 g/mol. The maximum absolute atomic E-state index is 4.62. The van der Waals surface area contributed by atoms with E-state index in [4.69, 9.17) is 0 Å². The van der Waals surface area contributed by atoms with Crippen molar-refractivity contribution in [2.45, 2.75) is 6.92 Å². The van der Waals surface area contributed by atoms with E-state index in [1.807, 2.05) is 6.92 Å². The minimum Gasteiger partial charge on any atom is -0.358 e. The average molecular weight is 288 g/mol. The summed E-state index contributed by atoms with van der Waals surface area (Å²) in [4.78, 5) is 0. The molecule has 0 heterocycles. The fraction of sp³-hybridized carbons (Fsp3) is 0.400. The fourth-order valence-electron chi connectivity index (χ4n) is 0. The Balaban J connectivity index is -0.00000000533. The van der Waals surface area contributed by atoms with E-state index < -0.39 is 0 Å². The number of hydrogen-bond acceptors (Lipinski definition) is 3. The van der Waals surface area contributed by atoms with Crippen LogP contribution in [0.15, 0.2) is 0 Å². The van der Waals surface area contributed by atoms with Crippen molar-refractivity contribution in [1.82, 2.24) is 0 Å². The summed E-state index contributed by atoms with van der Waals surface area (Å²) >= 11 is 9.25. The van der Waals surface area contributed by atoms with E-state index in [0.717, 1.165) is 5.75 Å². The van der Waals surface area contributed by atoms with Crippen molar-refractivity contribution in [3.63, 3.8) is 0 Å². The second-order valence-electron chi connectivity index (χ2n) is 0.592. The molecule has 0 saturated carbocycles. The van der Waals surface area contributed by atoms with Gasteiger partial charge in [-0.15, -0.1) is 5.75 Å². The van der Waals surface area contributed by atoms with Crippen molar-refractivity contribution in [2.24, 2.45) is 0 Å². The first-order chi connectivity index (χ1) is 2.27. The van der Waals surface area contributed by atoms with E-state index in [1.165, 1.54) is 0 Å². The van der Waals surface area contributed by atoms with Crippen LogP contribution >= 0.6 is 0 Å². The van der Waals surface area contributed by atoms with Gasteiger partial charge in [-0.05, 0) is 0 Å². The SMILES string of the molecule is CC[S-](=S)=S.[CH3-].[CH3-].[CH3-].[K+].[K+].[K+]. The first kappa shape index (κ1) is 43.8. The topological polar surface area (TPSA) is 0 Å². The second kappa shape index (κ2) is 36.1. The molecule has 11 heavy (non-hydrogen) atoms. The molecule has 0 aliphatic heterocycles. The molecule has 0 aromatic rings. The van der Waals surface area contributed by atoms with Crippen molar-refractivity contribution in [3.8, 4) is 0 Å². The molecule has 0 rings (SSSR count). The summed E-state index contributed by atoms with van der Waals surface area (Å²) in [5.41, 5.74) is 0. The van der Waals surface area contributed by atoms with Crippen LogP contribution < -0.4 is 154 Å². The normalized spacial score (nSPS) is 4.18. The Morgan fingerprint density at radius 2 is 1.00 bits per heavy atom. The van der Waals surface area contributed by atoms with E-state index in [2.05, 4.69) is 22.4 Å².